The molecule has 1 fully saturated rings. The molecule has 0 amide bonds. The van der Waals surface area contributed by atoms with Crippen LogP contribution in [0, 0.1) is 18.8 Å². The fourth-order valence-corrected chi connectivity index (χ4v) is 3.68. The van der Waals surface area contributed by atoms with Gasteiger partial charge >= 0.3 is 0 Å². The van der Waals surface area contributed by atoms with Crippen molar-refractivity contribution in [2.75, 3.05) is 0 Å². The molecule has 0 radical (unpaired) electrons. The zero-order chi connectivity index (χ0) is 12.9. The van der Waals surface area contributed by atoms with E-state index in [1.165, 1.54) is 0 Å². The fourth-order valence-electron chi connectivity index (χ4n) is 3.68. The Morgan fingerprint density at radius 2 is 1.94 bits per heavy atom. The third kappa shape index (κ3) is 1.55. The second-order valence-corrected chi connectivity index (χ2v) is 5.82. The van der Waals surface area contributed by atoms with E-state index in [-0.39, 0.29) is 23.4 Å². The summed E-state index contributed by atoms with van der Waals surface area (Å²) in [6, 6.07) is 5.99. The molecule has 1 aromatic rings. The van der Waals surface area contributed by atoms with Crippen LogP contribution in [0.4, 0.5) is 0 Å². The molecule has 1 aromatic carbocycles. The Hall–Kier alpha value is -1.44. The third-order valence-electron chi connectivity index (χ3n) is 4.60. The molecular formula is C16H18O2. The van der Waals surface area contributed by atoms with Gasteiger partial charge < -0.3 is 0 Å². The van der Waals surface area contributed by atoms with E-state index < -0.39 is 0 Å². The molecule has 0 aliphatic heterocycles. The smallest absolute Gasteiger partial charge is 0.229 e. The van der Waals surface area contributed by atoms with Crippen molar-refractivity contribution in [3.8, 4) is 0 Å². The fraction of sp³-hybridized carbons (Fsp3) is 0.500. The lowest BCUT2D eigenvalue weighted by Gasteiger charge is -2.39. The van der Waals surface area contributed by atoms with Crippen LogP contribution in [-0.2, 0) is 4.79 Å². The van der Waals surface area contributed by atoms with Gasteiger partial charge in [-0.15, -0.1) is 0 Å². The van der Waals surface area contributed by atoms with Crippen molar-refractivity contribution < 1.29 is 9.59 Å². The van der Waals surface area contributed by atoms with E-state index in [1.807, 2.05) is 13.0 Å². The van der Waals surface area contributed by atoms with Crippen LogP contribution in [0.25, 0.3) is 0 Å². The van der Waals surface area contributed by atoms with Gasteiger partial charge in [0, 0.05) is 11.5 Å². The van der Waals surface area contributed by atoms with Gasteiger partial charge in [-0.1, -0.05) is 31.0 Å². The van der Waals surface area contributed by atoms with E-state index in [2.05, 4.69) is 19.1 Å². The van der Waals surface area contributed by atoms with Gasteiger partial charge in [0.15, 0.2) is 0 Å². The summed E-state index contributed by atoms with van der Waals surface area (Å²) in [6.07, 6.45) is 3.28. The maximum Gasteiger partial charge on any atom is 0.229 e. The van der Waals surface area contributed by atoms with E-state index in [1.54, 1.807) is 0 Å². The quantitative estimate of drug-likeness (QED) is 0.654. The molecule has 18 heavy (non-hydrogen) atoms. The zero-order valence-corrected chi connectivity index (χ0v) is 10.9. The normalized spacial score (nSPS) is 30.9. The number of Topliss-reactive ketones (excluding diaryl/α,β-unsaturated/α-hetero) is 2. The number of fused-ring (bicyclic) bond motifs is 3. The van der Waals surface area contributed by atoms with Crippen molar-refractivity contribution in [1.82, 2.24) is 0 Å². The molecular weight excluding hydrogens is 224 g/mol. The summed E-state index contributed by atoms with van der Waals surface area (Å²) in [5, 5.41) is 0. The maximum atomic E-state index is 12.3. The van der Waals surface area contributed by atoms with Crippen molar-refractivity contribution in [3.05, 3.63) is 34.9 Å². The predicted molar refractivity (Wildman–Crippen MR) is 69.8 cm³/mol. The van der Waals surface area contributed by atoms with Gasteiger partial charge in [0.1, 0.15) is 0 Å². The summed E-state index contributed by atoms with van der Waals surface area (Å²) in [7, 11) is 0. The SMILES string of the molecule is Cc1ccc2c(c1)C(=O)C(=O)[C@H]1C(C)CCC[C@@H]21. The Morgan fingerprint density at radius 1 is 1.17 bits per heavy atom. The summed E-state index contributed by atoms with van der Waals surface area (Å²) >= 11 is 0. The highest BCUT2D eigenvalue weighted by Gasteiger charge is 2.44. The van der Waals surface area contributed by atoms with Gasteiger partial charge in [0.25, 0.3) is 0 Å². The molecule has 0 bridgehead atoms. The standard InChI is InChI=1S/C16H18O2/c1-9-6-7-11-12-5-3-4-10(2)14(12)16(18)15(17)13(11)8-9/h6-8,10,12,14H,3-5H2,1-2H3/t10?,12-,14-/m0/s1. The van der Waals surface area contributed by atoms with E-state index in [4.69, 9.17) is 0 Å². The summed E-state index contributed by atoms with van der Waals surface area (Å²) in [5.74, 6) is 0.139. The largest absolute Gasteiger partial charge is 0.290 e. The number of hydrogen-bond donors (Lipinski definition) is 0. The molecule has 2 heteroatoms. The molecule has 2 aliphatic carbocycles. The first-order valence-corrected chi connectivity index (χ1v) is 6.78. The highest BCUT2D eigenvalue weighted by atomic mass is 16.2. The van der Waals surface area contributed by atoms with Crippen molar-refractivity contribution in [1.29, 1.82) is 0 Å². The summed E-state index contributed by atoms with van der Waals surface area (Å²) in [6.45, 7) is 4.08. The number of carbonyl (C=O) groups excluding carboxylic acids is 2. The van der Waals surface area contributed by atoms with Crippen LogP contribution >= 0.6 is 0 Å². The molecule has 94 valence electrons. The van der Waals surface area contributed by atoms with Crippen molar-refractivity contribution in [2.45, 2.75) is 39.0 Å². The molecule has 0 spiro atoms. The Kier molecular flexibility index (Phi) is 2.61. The number of hydrogen-bond acceptors (Lipinski definition) is 2. The van der Waals surface area contributed by atoms with E-state index in [9.17, 15) is 9.59 Å². The predicted octanol–water partition coefficient (Wildman–Crippen LogP) is 3.28. The molecule has 1 unspecified atom stereocenters. The first-order valence-electron chi connectivity index (χ1n) is 6.78. The lowest BCUT2D eigenvalue weighted by molar-refractivity contribution is -0.122. The Morgan fingerprint density at radius 3 is 2.72 bits per heavy atom. The van der Waals surface area contributed by atoms with Crippen LogP contribution in [0.3, 0.4) is 0 Å². The van der Waals surface area contributed by atoms with Crippen LogP contribution in [0.2, 0.25) is 0 Å². The van der Waals surface area contributed by atoms with Gasteiger partial charge in [-0.3, -0.25) is 9.59 Å². The molecule has 2 nitrogen and oxygen atoms in total. The van der Waals surface area contributed by atoms with Crippen molar-refractivity contribution in [2.24, 2.45) is 11.8 Å². The summed E-state index contributed by atoms with van der Waals surface area (Å²) < 4.78 is 0. The molecule has 0 heterocycles. The highest BCUT2D eigenvalue weighted by molar-refractivity contribution is 6.45. The van der Waals surface area contributed by atoms with E-state index in [0.717, 1.165) is 30.4 Å². The minimum atomic E-state index is -0.260. The molecule has 0 aromatic heterocycles. The lowest BCUT2D eigenvalue weighted by Crippen LogP contribution is -2.41. The molecule has 3 atom stereocenters. The Bertz CT molecular complexity index is 530. The average molecular weight is 242 g/mol. The van der Waals surface area contributed by atoms with Crippen LogP contribution in [0.1, 0.15) is 53.6 Å². The van der Waals surface area contributed by atoms with E-state index in [0.29, 0.717) is 11.5 Å². The first-order chi connectivity index (χ1) is 8.59. The van der Waals surface area contributed by atoms with Crippen molar-refractivity contribution >= 4 is 11.6 Å². The summed E-state index contributed by atoms with van der Waals surface area (Å²) in [4.78, 5) is 24.5. The topological polar surface area (TPSA) is 34.1 Å². The van der Waals surface area contributed by atoms with Crippen LogP contribution in [0.15, 0.2) is 18.2 Å². The molecule has 3 rings (SSSR count). The summed E-state index contributed by atoms with van der Waals surface area (Å²) in [5.41, 5.74) is 2.83. The number of aryl methyl sites for hydroxylation is 1. The Labute approximate surface area is 107 Å². The highest BCUT2D eigenvalue weighted by Crippen LogP contribution is 2.46. The van der Waals surface area contributed by atoms with Gasteiger partial charge in [-0.2, -0.15) is 0 Å². The Balaban J connectivity index is 2.16. The van der Waals surface area contributed by atoms with Crippen LogP contribution in [-0.4, -0.2) is 11.6 Å². The van der Waals surface area contributed by atoms with Gasteiger partial charge in [-0.05, 0) is 43.2 Å². The first kappa shape index (κ1) is 11.6. The zero-order valence-electron chi connectivity index (χ0n) is 10.9. The average Bonchev–Trinajstić information content (AvgIpc) is 2.35. The minimum Gasteiger partial charge on any atom is -0.290 e. The molecule has 0 saturated heterocycles. The maximum absolute atomic E-state index is 12.3. The van der Waals surface area contributed by atoms with Crippen LogP contribution < -0.4 is 0 Å². The number of benzene rings is 1. The monoisotopic (exact) mass is 242 g/mol. The number of ketones is 2. The second kappa shape index (κ2) is 4.04. The molecule has 2 aliphatic rings. The van der Waals surface area contributed by atoms with Crippen LogP contribution in [0.5, 0.6) is 0 Å². The second-order valence-electron chi connectivity index (χ2n) is 5.82. The third-order valence-corrected chi connectivity index (χ3v) is 4.60. The van der Waals surface area contributed by atoms with Crippen molar-refractivity contribution in [3.63, 3.8) is 0 Å². The van der Waals surface area contributed by atoms with E-state index >= 15 is 0 Å². The molecule has 1 saturated carbocycles. The molecule has 0 N–H and O–H groups in total. The number of rotatable bonds is 0. The van der Waals surface area contributed by atoms with Gasteiger partial charge in [0.2, 0.25) is 11.6 Å². The number of carbonyl (C=O) groups is 2. The van der Waals surface area contributed by atoms with Gasteiger partial charge in [0.05, 0.1) is 0 Å². The minimum absolute atomic E-state index is 0.0681. The lowest BCUT2D eigenvalue weighted by atomic mass is 9.63. The van der Waals surface area contributed by atoms with Gasteiger partial charge in [-0.25, -0.2) is 0 Å².